The molecule has 1 atom stereocenters. The zero-order valence-corrected chi connectivity index (χ0v) is 10.9. The number of nitrogens with one attached hydrogen (secondary N) is 1. The zero-order valence-electron chi connectivity index (χ0n) is 10.1. The third-order valence-corrected chi connectivity index (χ3v) is 3.16. The first-order chi connectivity index (χ1) is 8.99. The van der Waals surface area contributed by atoms with Crippen LogP contribution in [0.1, 0.15) is 23.0 Å². The Hall–Kier alpha value is -1.86. The molecule has 0 saturated carbocycles. The van der Waals surface area contributed by atoms with Gasteiger partial charge in [0.05, 0.1) is 6.54 Å². The highest BCUT2D eigenvalue weighted by atomic mass is 32.1. The van der Waals surface area contributed by atoms with Crippen LogP contribution in [0, 0.1) is 5.82 Å². The van der Waals surface area contributed by atoms with Crippen LogP contribution in [-0.2, 0) is 5.60 Å². The summed E-state index contributed by atoms with van der Waals surface area (Å²) in [6.07, 6.45) is 0. The van der Waals surface area contributed by atoms with Crippen molar-refractivity contribution in [1.82, 2.24) is 14.9 Å². The van der Waals surface area contributed by atoms with E-state index in [-0.39, 0.29) is 18.1 Å². The molecule has 0 bridgehead atoms. The van der Waals surface area contributed by atoms with Gasteiger partial charge in [-0.1, -0.05) is 16.6 Å². The van der Waals surface area contributed by atoms with Gasteiger partial charge in [0.25, 0.3) is 5.91 Å². The third-order valence-electron chi connectivity index (χ3n) is 2.65. The second-order valence-corrected chi connectivity index (χ2v) is 4.86. The molecule has 5 nitrogen and oxygen atoms in total. The van der Waals surface area contributed by atoms with E-state index in [1.165, 1.54) is 29.6 Å². The van der Waals surface area contributed by atoms with Gasteiger partial charge in [0, 0.05) is 5.38 Å². The minimum atomic E-state index is -1.28. The highest BCUT2D eigenvalue weighted by Crippen LogP contribution is 2.19. The van der Waals surface area contributed by atoms with Crippen LogP contribution in [-0.4, -0.2) is 27.1 Å². The maximum absolute atomic E-state index is 12.8. The molecule has 100 valence electrons. The summed E-state index contributed by atoms with van der Waals surface area (Å²) >= 11 is 1.07. The predicted molar refractivity (Wildman–Crippen MR) is 68.2 cm³/mol. The summed E-state index contributed by atoms with van der Waals surface area (Å²) < 4.78 is 16.4. The first-order valence-corrected chi connectivity index (χ1v) is 6.36. The van der Waals surface area contributed by atoms with Crippen LogP contribution in [0.5, 0.6) is 0 Å². The molecule has 0 radical (unpaired) electrons. The van der Waals surface area contributed by atoms with Crippen LogP contribution in [0.2, 0.25) is 0 Å². The molecule has 2 N–H and O–H groups in total. The second kappa shape index (κ2) is 5.41. The van der Waals surface area contributed by atoms with Crippen molar-refractivity contribution in [3.63, 3.8) is 0 Å². The normalized spacial score (nSPS) is 13.8. The molecule has 2 rings (SSSR count). The lowest BCUT2D eigenvalue weighted by Crippen LogP contribution is -2.38. The number of hydrogen-bond donors (Lipinski definition) is 2. The van der Waals surface area contributed by atoms with Gasteiger partial charge < -0.3 is 10.4 Å². The lowest BCUT2D eigenvalue weighted by molar-refractivity contribution is 0.0524. The molecule has 0 aliphatic rings. The number of nitrogens with zero attached hydrogens (tertiary/aromatic N) is 2. The van der Waals surface area contributed by atoms with Crippen molar-refractivity contribution in [3.05, 3.63) is 46.7 Å². The largest absolute Gasteiger partial charge is 0.384 e. The van der Waals surface area contributed by atoms with Crippen LogP contribution in [0.25, 0.3) is 0 Å². The van der Waals surface area contributed by atoms with Crippen molar-refractivity contribution in [3.8, 4) is 0 Å². The van der Waals surface area contributed by atoms with Crippen molar-refractivity contribution < 1.29 is 14.3 Å². The van der Waals surface area contributed by atoms with Crippen LogP contribution in [0.15, 0.2) is 29.6 Å². The van der Waals surface area contributed by atoms with Crippen LogP contribution >= 0.6 is 11.5 Å². The number of amides is 1. The van der Waals surface area contributed by atoms with E-state index in [2.05, 4.69) is 14.9 Å². The van der Waals surface area contributed by atoms with E-state index >= 15 is 0 Å². The molecule has 1 heterocycles. The van der Waals surface area contributed by atoms with Crippen molar-refractivity contribution in [2.24, 2.45) is 0 Å². The average Bonchev–Trinajstić information content (AvgIpc) is 2.90. The van der Waals surface area contributed by atoms with Crippen molar-refractivity contribution in [1.29, 1.82) is 0 Å². The summed E-state index contributed by atoms with van der Waals surface area (Å²) in [5, 5.41) is 18.0. The van der Waals surface area contributed by atoms with Gasteiger partial charge in [0.15, 0.2) is 5.69 Å². The van der Waals surface area contributed by atoms with Crippen LogP contribution in [0.3, 0.4) is 0 Å². The van der Waals surface area contributed by atoms with E-state index in [1.54, 1.807) is 6.92 Å². The maximum Gasteiger partial charge on any atom is 0.272 e. The molecule has 2 aromatic rings. The Morgan fingerprint density at radius 2 is 2.16 bits per heavy atom. The summed E-state index contributed by atoms with van der Waals surface area (Å²) in [7, 11) is 0. The van der Waals surface area contributed by atoms with Crippen molar-refractivity contribution in [2.75, 3.05) is 6.54 Å². The number of rotatable bonds is 4. The van der Waals surface area contributed by atoms with Gasteiger partial charge in [-0.25, -0.2) is 4.39 Å². The Morgan fingerprint density at radius 3 is 2.74 bits per heavy atom. The Bertz CT molecular complexity index is 555. The molecular weight excluding hydrogens is 269 g/mol. The molecule has 0 aliphatic carbocycles. The monoisotopic (exact) mass is 281 g/mol. The number of benzene rings is 1. The first-order valence-electron chi connectivity index (χ1n) is 5.53. The number of hydrogen-bond acceptors (Lipinski definition) is 5. The van der Waals surface area contributed by atoms with Gasteiger partial charge in [0.1, 0.15) is 11.4 Å². The fourth-order valence-corrected chi connectivity index (χ4v) is 1.95. The lowest BCUT2D eigenvalue weighted by atomic mass is 9.96. The number of carbonyl (C=O) groups excluding carboxylic acids is 1. The second-order valence-electron chi connectivity index (χ2n) is 4.25. The molecule has 0 fully saturated rings. The highest BCUT2D eigenvalue weighted by molar-refractivity contribution is 7.03. The summed E-state index contributed by atoms with van der Waals surface area (Å²) in [5.74, 6) is -0.784. The minimum Gasteiger partial charge on any atom is -0.384 e. The summed E-state index contributed by atoms with van der Waals surface area (Å²) in [4.78, 5) is 11.7. The first kappa shape index (κ1) is 13.6. The SMILES string of the molecule is CC(O)(CNC(=O)c1csnn1)c1ccc(F)cc1. The van der Waals surface area contributed by atoms with Crippen molar-refractivity contribution in [2.45, 2.75) is 12.5 Å². The van der Waals surface area contributed by atoms with Crippen molar-refractivity contribution >= 4 is 17.4 Å². The summed E-state index contributed by atoms with van der Waals surface area (Å²) in [6.45, 7) is 1.54. The quantitative estimate of drug-likeness (QED) is 0.886. The zero-order chi connectivity index (χ0) is 13.9. The fraction of sp³-hybridized carbons (Fsp3) is 0.250. The maximum atomic E-state index is 12.8. The van der Waals surface area contributed by atoms with E-state index in [1.807, 2.05) is 0 Å². The standard InChI is InChI=1S/C12H12FN3O2S/c1-12(18,8-2-4-9(13)5-3-8)7-14-11(17)10-6-19-16-15-10/h2-6,18H,7H2,1H3,(H,14,17). The fourth-order valence-electron chi connectivity index (χ4n) is 1.52. The predicted octanol–water partition coefficient (Wildman–Crippen LogP) is 1.31. The van der Waals surface area contributed by atoms with Gasteiger partial charge in [-0.3, -0.25) is 4.79 Å². The van der Waals surface area contributed by atoms with Gasteiger partial charge in [-0.2, -0.15) is 0 Å². The van der Waals surface area contributed by atoms with E-state index in [0.29, 0.717) is 5.56 Å². The summed E-state index contributed by atoms with van der Waals surface area (Å²) in [6, 6.07) is 5.48. The third kappa shape index (κ3) is 3.33. The Kier molecular flexibility index (Phi) is 3.87. The highest BCUT2D eigenvalue weighted by Gasteiger charge is 2.24. The van der Waals surface area contributed by atoms with E-state index in [4.69, 9.17) is 0 Å². The molecule has 7 heteroatoms. The Balaban J connectivity index is 2.01. The molecular formula is C12H12FN3O2S. The van der Waals surface area contributed by atoms with E-state index in [9.17, 15) is 14.3 Å². The van der Waals surface area contributed by atoms with Gasteiger partial charge in [0.2, 0.25) is 0 Å². The molecule has 19 heavy (non-hydrogen) atoms. The lowest BCUT2D eigenvalue weighted by Gasteiger charge is -2.24. The molecule has 1 amide bonds. The number of carbonyl (C=O) groups is 1. The van der Waals surface area contributed by atoms with Gasteiger partial charge in [-0.05, 0) is 36.2 Å². The molecule has 1 aromatic carbocycles. The molecule has 0 saturated heterocycles. The molecule has 0 spiro atoms. The molecule has 1 unspecified atom stereocenters. The van der Waals surface area contributed by atoms with Crippen LogP contribution in [0.4, 0.5) is 4.39 Å². The van der Waals surface area contributed by atoms with Crippen LogP contribution < -0.4 is 5.32 Å². The molecule has 1 aromatic heterocycles. The number of aliphatic hydroxyl groups is 1. The number of aromatic nitrogens is 2. The van der Waals surface area contributed by atoms with E-state index < -0.39 is 11.5 Å². The minimum absolute atomic E-state index is 0.00497. The smallest absolute Gasteiger partial charge is 0.272 e. The topological polar surface area (TPSA) is 75.1 Å². The summed E-state index contributed by atoms with van der Waals surface area (Å²) in [5.41, 5.74) is -0.558. The molecule has 0 aliphatic heterocycles. The Morgan fingerprint density at radius 1 is 1.47 bits per heavy atom. The van der Waals surface area contributed by atoms with Gasteiger partial charge in [-0.15, -0.1) is 5.10 Å². The number of halogens is 1. The van der Waals surface area contributed by atoms with Gasteiger partial charge >= 0.3 is 0 Å². The Labute approximate surface area is 113 Å². The average molecular weight is 281 g/mol. The van der Waals surface area contributed by atoms with E-state index in [0.717, 1.165) is 11.5 Å².